The van der Waals surface area contributed by atoms with Crippen LogP contribution in [0.25, 0.3) is 44.7 Å². The molecule has 0 spiro atoms. The van der Waals surface area contributed by atoms with Crippen LogP contribution in [0.1, 0.15) is 195 Å². The van der Waals surface area contributed by atoms with E-state index in [1.165, 1.54) is 68.3 Å². The number of benzene rings is 3. The molecule has 0 aliphatic carbocycles. The van der Waals surface area contributed by atoms with Crippen LogP contribution in [0, 0.1) is 30.3 Å². The molecule has 13 N–H and O–H groups in total. The first-order valence-corrected chi connectivity index (χ1v) is 55.4. The number of hydrogen-bond acceptors (Lipinski definition) is 40. The number of nitrogens with one attached hydrogen (secondary N) is 4. The molecule has 4 aliphatic heterocycles. The molecule has 55 nitrogen and oxygen atoms in total. The molecule has 0 saturated carbocycles. The van der Waals surface area contributed by atoms with Gasteiger partial charge in [-0.25, -0.2) is 33.6 Å². The van der Waals surface area contributed by atoms with Gasteiger partial charge in [0.1, 0.15) is 55.4 Å². The van der Waals surface area contributed by atoms with E-state index in [1.54, 1.807) is 85.0 Å². The summed E-state index contributed by atoms with van der Waals surface area (Å²) in [5.74, 6) is -1.27. The van der Waals surface area contributed by atoms with Crippen molar-refractivity contribution < 1.29 is 133 Å². The molecule has 4 saturated heterocycles. The van der Waals surface area contributed by atoms with Gasteiger partial charge in [-0.1, -0.05) is 91.8 Å². The van der Waals surface area contributed by atoms with E-state index in [1.807, 2.05) is 4.57 Å². The molecule has 3 amide bonds. The molecular formula is C84H114N23O32P3Si2. The van der Waals surface area contributed by atoms with Crippen molar-refractivity contribution in [3.63, 3.8) is 0 Å². The fourth-order valence-corrected chi connectivity index (χ4v) is 21.2. The molecule has 0 bridgehead atoms. The number of H-pyrrole nitrogens is 1. The zero-order chi connectivity index (χ0) is 106. The minimum absolute atomic E-state index is 0.00500. The highest BCUT2D eigenvalue weighted by Gasteiger charge is 2.49. The number of para-hydroxylation sites is 3. The second kappa shape index (κ2) is 44.9. The van der Waals surface area contributed by atoms with Gasteiger partial charge in [0.05, 0.1) is 107 Å². The van der Waals surface area contributed by atoms with Gasteiger partial charge in [0, 0.05) is 64.7 Å². The van der Waals surface area contributed by atoms with E-state index in [-0.39, 0.29) is 164 Å². The van der Waals surface area contributed by atoms with Gasteiger partial charge in [-0.3, -0.25) is 93.2 Å². The molecule has 15 rings (SSSR count). The van der Waals surface area contributed by atoms with Crippen LogP contribution in [-0.2, 0) is 69.0 Å². The lowest BCUT2D eigenvalue weighted by Gasteiger charge is -2.39. The van der Waals surface area contributed by atoms with E-state index in [2.05, 4.69) is 170 Å². The van der Waals surface area contributed by atoms with Crippen molar-refractivity contribution in [1.82, 2.24) is 78.1 Å². The number of nitrogens with two attached hydrogens (primary N) is 1. The Bertz CT molecular complexity index is 6780. The first kappa shape index (κ1) is 111. The largest absolute Gasteiger partial charge is 0.490 e. The Morgan fingerprint density at radius 2 is 0.847 bits per heavy atom. The molecule has 60 heteroatoms. The molecule has 4 aliphatic rings. The number of nitrogen functional groups attached to an aromatic ring is 1. The Morgan fingerprint density at radius 3 is 1.20 bits per heavy atom. The van der Waals surface area contributed by atoms with Crippen molar-refractivity contribution in [2.45, 2.75) is 264 Å². The third kappa shape index (κ3) is 26.6. The topological polar surface area (TPSA) is 741 Å². The molecular weight excluding hydrogens is 1990 g/mol. The summed E-state index contributed by atoms with van der Waals surface area (Å²) in [5.41, 5.74) is 8.09. The van der Waals surface area contributed by atoms with E-state index in [4.69, 9.17) is 57.5 Å². The van der Waals surface area contributed by atoms with Gasteiger partial charge in [-0.05, 0) is 88.1 Å². The quantitative estimate of drug-likeness (QED) is 0.00786. The van der Waals surface area contributed by atoms with Gasteiger partial charge in [0.15, 0.2) is 61.3 Å². The number of amides is 3. The number of carbonyl (C=O) groups is 3. The SMILES string of the molecule is CC(=O)Nc1nc(OC(C)c2ccccc2[N+](=O)[O-])c2ncn([C@H]3CC(O)[C@@H](CO)O3)c2n1.CC(Oc1nc(N)nc2c1ncn2[C@H]1CC(O)[C@@H](COP(=O)(O)OP(=O)(O)OP(=O)(O)O)O1)c1ccccc1[N+](=O)[O-].CC[C@H]1O[C@@H](n2cnc3c(=O)[nH]c(NC(C)=O)nc32)CC1O[Si](C)(C)C(C)(C)C.CC[C@H]1O[C@@H](n2cnc3c(OC(C)c4ccccc4[N+](=O)[O-])nc(NC(C)=O)nc32)CC1O[Si](C)(C)C(C)(C)C. The first-order chi connectivity index (χ1) is 67.4. The molecule has 4 fully saturated rings. The van der Waals surface area contributed by atoms with Crippen LogP contribution in [0.4, 0.5) is 40.9 Å². The lowest BCUT2D eigenvalue weighted by atomic mass is 10.1. The molecule has 17 atom stereocenters. The minimum atomic E-state index is -5.73. The number of aliphatic hydroxyl groups excluding tert-OH is 3. The third-order valence-electron chi connectivity index (χ3n) is 24.4. The Morgan fingerprint density at radius 1 is 0.507 bits per heavy atom. The van der Waals surface area contributed by atoms with Gasteiger partial charge in [-0.2, -0.15) is 43.5 Å². The summed E-state index contributed by atoms with van der Waals surface area (Å²) in [5, 5.41) is 72.1. The molecule has 3 aromatic carbocycles. The minimum Gasteiger partial charge on any atom is -0.468 e. The van der Waals surface area contributed by atoms with Crippen LogP contribution in [0.2, 0.25) is 36.3 Å². The second-order valence-electron chi connectivity index (χ2n) is 36.9. The summed E-state index contributed by atoms with van der Waals surface area (Å²) in [6, 6.07) is 18.5. The number of ether oxygens (including phenoxy) is 7. The van der Waals surface area contributed by atoms with Gasteiger partial charge in [0.2, 0.25) is 59.2 Å². The number of aromatic nitrogens is 16. The number of imidazole rings is 4. The second-order valence-corrected chi connectivity index (χ2v) is 50.8. The maximum atomic E-state index is 12.3. The number of phosphoric ester groups is 1. The van der Waals surface area contributed by atoms with E-state index >= 15 is 0 Å². The van der Waals surface area contributed by atoms with Crippen LogP contribution in [-0.4, -0.2) is 224 Å². The summed E-state index contributed by atoms with van der Waals surface area (Å²) in [6.07, 6.45) is -0.480. The Hall–Kier alpha value is -12.0. The van der Waals surface area contributed by atoms with Gasteiger partial charge >= 0.3 is 23.5 Å². The van der Waals surface area contributed by atoms with Crippen molar-refractivity contribution in [2.75, 3.05) is 34.9 Å². The number of nitro benzene ring substituents is 3. The monoisotopic (exact) mass is 2110 g/mol. The number of fused-ring (bicyclic) bond motifs is 4. The van der Waals surface area contributed by atoms with Crippen molar-refractivity contribution in [2.24, 2.45) is 0 Å². The third-order valence-corrected chi connectivity index (χ3v) is 37.2. The van der Waals surface area contributed by atoms with E-state index in [0.717, 1.165) is 12.8 Å². The van der Waals surface area contributed by atoms with Gasteiger partial charge in [-0.15, -0.1) is 0 Å². The normalized spacial score (nSPS) is 21.8. The number of aromatic amines is 1. The summed E-state index contributed by atoms with van der Waals surface area (Å²) < 4.78 is 108. The van der Waals surface area contributed by atoms with Crippen molar-refractivity contribution in [3.05, 3.63) is 155 Å². The highest BCUT2D eigenvalue weighted by Crippen LogP contribution is 2.66. The first-order valence-electron chi connectivity index (χ1n) is 45.1. The van der Waals surface area contributed by atoms with E-state index in [0.29, 0.717) is 40.8 Å². The van der Waals surface area contributed by atoms with Crippen LogP contribution < -0.4 is 41.5 Å². The number of carbonyl (C=O) groups excluding carboxylic acids is 3. The van der Waals surface area contributed by atoms with Crippen LogP contribution in [0.3, 0.4) is 0 Å². The van der Waals surface area contributed by atoms with E-state index < -0.39 is 134 Å². The van der Waals surface area contributed by atoms with Crippen LogP contribution in [0.5, 0.6) is 17.6 Å². The standard InChI is InChI=1S/C27H38N6O6Si.C20H22N6O7.C19H31N5O4Si.C18H23N6O15P3/c1-9-20-21(39-40(7,8)27(4,5)6)14-22(38-20)32-15-28-23-24(32)30-26(29-17(3)34)31-25(23)37-16(2)18-12-10-11-13-19(18)33(35)36;1-10(12-5-3-4-6-13(12)26(30)31)32-19-17-18(23-20(24-19)22-11(2)28)25(9-21-17)16-7-14(29)15(8-27)33-16;1-8-12-13(28-29(6,7)19(3,4)5)9-14(27-12)24-10-20-15-16(24)22-18(21-11(2)25)23-17(15)26;1-9(10-4-2-3-5-11(10)24(26)27)36-17-15-16(21-18(19)22-17)23(8-20-15)14-6-12(25)13(37-14)7-35-41(31,32)39-42(33,34)38-40(28,29)30/h10-13,15-16,20-22H,9,14H2,1-8H3,(H,29,30,31,34);3-6,9-10,14-16,27,29H,7-8H2,1-2H3,(H,22,23,24,28);10,12-14H,8-9H2,1-7H3,(H2,21,22,23,25,26);2-5,8-9,12-14,25H,6-7H2,1H3,(H,31,32)(H,33,34)(H2,19,21,22)(H2,28,29,30)/t16?,20-,21?,22-;10?,14?,15-,16-;12-,13?,14-;9?,12?,13-,14-/m1111/s1. The molecule has 12 heterocycles. The summed E-state index contributed by atoms with van der Waals surface area (Å²) in [4.78, 5) is 166. The summed E-state index contributed by atoms with van der Waals surface area (Å²) in [6.45, 7) is 34.1. The predicted molar refractivity (Wildman–Crippen MR) is 516 cm³/mol. The lowest BCUT2D eigenvalue weighted by molar-refractivity contribution is -0.386. The fraction of sp³-hybridized carbons (Fsp3) is 0.512. The smallest absolute Gasteiger partial charge is 0.468 e. The average Bonchev–Trinajstić information content (AvgIpc) is 1.62. The maximum Gasteiger partial charge on any atom is 0.490 e. The Kier molecular flexibility index (Phi) is 34.5. The average molecular weight is 2110 g/mol. The van der Waals surface area contributed by atoms with Crippen LogP contribution in [0.15, 0.2) is 103 Å². The predicted octanol–water partition coefficient (Wildman–Crippen LogP) is 12.0. The number of nitro groups is 3. The number of nitrogens with zero attached hydrogens (tertiary/aromatic N) is 18. The summed E-state index contributed by atoms with van der Waals surface area (Å²) in [7, 11) is -20.7. The van der Waals surface area contributed by atoms with Crippen molar-refractivity contribution >= 4 is 143 Å². The highest BCUT2D eigenvalue weighted by atomic mass is 31.3. The zero-order valence-electron chi connectivity index (χ0n) is 81.4. The maximum absolute atomic E-state index is 12.3. The van der Waals surface area contributed by atoms with E-state index in [9.17, 15) is 88.3 Å². The van der Waals surface area contributed by atoms with Crippen LogP contribution >= 0.6 is 23.5 Å². The van der Waals surface area contributed by atoms with Crippen molar-refractivity contribution in [3.8, 4) is 17.6 Å². The lowest BCUT2D eigenvalue weighted by Crippen LogP contribution is -2.45. The highest BCUT2D eigenvalue weighted by molar-refractivity contribution is 7.66. The molecule has 0 radical (unpaired) electrons. The number of aliphatic hydroxyl groups is 3. The van der Waals surface area contributed by atoms with Gasteiger partial charge in [0.25, 0.3) is 22.6 Å². The zero-order valence-corrected chi connectivity index (χ0v) is 86.0. The molecule has 144 heavy (non-hydrogen) atoms. The number of anilines is 4. The van der Waals surface area contributed by atoms with Gasteiger partial charge < -0.3 is 82.6 Å². The number of rotatable bonds is 33. The fourth-order valence-electron chi connectivity index (χ4n) is 15.4. The molecule has 11 aromatic rings. The Labute approximate surface area is 822 Å². The molecule has 9 unspecified atom stereocenters. The molecule has 8 aromatic heterocycles. The molecule has 780 valence electrons. The summed E-state index contributed by atoms with van der Waals surface area (Å²) >= 11 is 0. The Balaban J connectivity index is 0.000000173. The van der Waals surface area contributed by atoms with Crippen molar-refractivity contribution in [1.29, 1.82) is 0 Å². The number of phosphoric acid groups is 3. The number of hydrogen-bond donors (Lipinski definition) is 12.